The number of hydrogen-bond donors (Lipinski definition) is 1. The van der Waals surface area contributed by atoms with E-state index in [9.17, 15) is 19.3 Å². The third-order valence-electron chi connectivity index (χ3n) is 3.45. The van der Waals surface area contributed by atoms with Crippen LogP contribution >= 0.6 is 0 Å². The number of amides is 1. The summed E-state index contributed by atoms with van der Waals surface area (Å²) in [6.07, 6.45) is 0.213. The summed E-state index contributed by atoms with van der Waals surface area (Å²) in [6, 6.07) is 3.04. The Morgan fingerprint density at radius 3 is 2.67 bits per heavy atom. The molecule has 1 saturated heterocycles. The zero-order chi connectivity index (χ0) is 15.4. The fourth-order valence-electron chi connectivity index (χ4n) is 2.35. The second-order valence-electron chi connectivity index (χ2n) is 4.81. The van der Waals surface area contributed by atoms with Gasteiger partial charge < -0.3 is 10.5 Å². The van der Waals surface area contributed by atoms with Gasteiger partial charge in [-0.15, -0.1) is 0 Å². The van der Waals surface area contributed by atoms with Crippen LogP contribution in [0.25, 0.3) is 0 Å². The van der Waals surface area contributed by atoms with Crippen molar-refractivity contribution < 1.29 is 18.8 Å². The van der Waals surface area contributed by atoms with E-state index in [1.54, 1.807) is 0 Å². The Kier molecular flexibility index (Phi) is 4.81. The van der Waals surface area contributed by atoms with Gasteiger partial charge in [-0.1, -0.05) is 6.07 Å². The van der Waals surface area contributed by atoms with Crippen LogP contribution in [0.1, 0.15) is 5.56 Å². The third kappa shape index (κ3) is 3.73. The number of nitrogens with zero attached hydrogens (tertiary/aromatic N) is 2. The standard InChI is InChI=1S/C13H16FN3O4/c14-10-7-9(1-2-11(10)17(19)20)8-12(13(15)18)16-3-5-21-6-4-16/h1-2,7,12H,3-6,8H2,(H2,15,18)/t12-/m0/s1. The molecule has 0 aromatic heterocycles. The molecule has 2 rings (SSSR count). The highest BCUT2D eigenvalue weighted by Gasteiger charge is 2.26. The van der Waals surface area contributed by atoms with Crippen LogP contribution in [0, 0.1) is 15.9 Å². The van der Waals surface area contributed by atoms with Crippen LogP contribution in [-0.4, -0.2) is 48.1 Å². The van der Waals surface area contributed by atoms with E-state index in [0.717, 1.165) is 12.1 Å². The zero-order valence-electron chi connectivity index (χ0n) is 11.3. The van der Waals surface area contributed by atoms with E-state index in [1.807, 2.05) is 4.90 Å². The number of carbonyl (C=O) groups is 1. The minimum Gasteiger partial charge on any atom is -0.379 e. The minimum absolute atomic E-state index is 0.213. The molecule has 1 aliphatic rings. The van der Waals surface area contributed by atoms with Gasteiger partial charge in [0.1, 0.15) is 0 Å². The first-order valence-corrected chi connectivity index (χ1v) is 6.53. The van der Waals surface area contributed by atoms with E-state index < -0.39 is 28.4 Å². The van der Waals surface area contributed by atoms with Crippen LogP contribution in [-0.2, 0) is 16.0 Å². The molecule has 0 unspecified atom stereocenters. The topological polar surface area (TPSA) is 98.7 Å². The molecule has 1 amide bonds. The fourth-order valence-corrected chi connectivity index (χ4v) is 2.35. The molecule has 0 aliphatic carbocycles. The summed E-state index contributed by atoms with van der Waals surface area (Å²) in [6.45, 7) is 2.17. The maximum Gasteiger partial charge on any atom is 0.304 e. The van der Waals surface area contributed by atoms with Gasteiger partial charge in [-0.2, -0.15) is 4.39 Å². The molecule has 1 aromatic rings. The Hall–Kier alpha value is -2.06. The van der Waals surface area contributed by atoms with Gasteiger partial charge in [0.25, 0.3) is 0 Å². The number of primary amides is 1. The largest absolute Gasteiger partial charge is 0.379 e. The lowest BCUT2D eigenvalue weighted by atomic mass is 10.0. The van der Waals surface area contributed by atoms with Gasteiger partial charge >= 0.3 is 5.69 Å². The van der Waals surface area contributed by atoms with Gasteiger partial charge in [-0.25, -0.2) is 0 Å². The quantitative estimate of drug-likeness (QED) is 0.629. The SMILES string of the molecule is NC(=O)[C@H](Cc1ccc([N+](=O)[O-])c(F)c1)N1CCOCC1. The summed E-state index contributed by atoms with van der Waals surface area (Å²) in [5.74, 6) is -1.42. The second-order valence-corrected chi connectivity index (χ2v) is 4.81. The monoisotopic (exact) mass is 297 g/mol. The zero-order valence-corrected chi connectivity index (χ0v) is 11.3. The van der Waals surface area contributed by atoms with Crippen molar-refractivity contribution in [1.82, 2.24) is 4.90 Å². The Labute approximate surface area is 120 Å². The van der Waals surface area contributed by atoms with E-state index in [4.69, 9.17) is 10.5 Å². The molecule has 21 heavy (non-hydrogen) atoms. The second kappa shape index (κ2) is 6.59. The van der Waals surface area contributed by atoms with Crippen LogP contribution in [0.15, 0.2) is 18.2 Å². The van der Waals surface area contributed by atoms with Crippen LogP contribution in [0.3, 0.4) is 0 Å². The first-order chi connectivity index (χ1) is 9.99. The number of benzene rings is 1. The molecule has 0 bridgehead atoms. The fraction of sp³-hybridized carbons (Fsp3) is 0.462. The predicted molar refractivity (Wildman–Crippen MR) is 72.1 cm³/mol. The number of rotatable bonds is 5. The van der Waals surface area contributed by atoms with E-state index in [0.29, 0.717) is 31.9 Å². The number of hydrogen-bond acceptors (Lipinski definition) is 5. The highest BCUT2D eigenvalue weighted by Crippen LogP contribution is 2.20. The first kappa shape index (κ1) is 15.3. The van der Waals surface area contributed by atoms with E-state index in [1.165, 1.54) is 6.07 Å². The van der Waals surface area contributed by atoms with Crippen molar-refractivity contribution in [1.29, 1.82) is 0 Å². The summed E-state index contributed by atoms with van der Waals surface area (Å²) in [7, 11) is 0. The summed E-state index contributed by atoms with van der Waals surface area (Å²) >= 11 is 0. The van der Waals surface area contributed by atoms with Crippen molar-refractivity contribution in [3.63, 3.8) is 0 Å². The van der Waals surface area contributed by atoms with Gasteiger partial charge in [-0.3, -0.25) is 19.8 Å². The molecule has 1 atom stereocenters. The number of nitro groups is 1. The number of ether oxygens (including phenoxy) is 1. The lowest BCUT2D eigenvalue weighted by Crippen LogP contribution is -2.50. The average Bonchev–Trinajstić information content (AvgIpc) is 2.45. The predicted octanol–water partition coefficient (Wildman–Crippen LogP) is 0.462. The van der Waals surface area contributed by atoms with Crippen LogP contribution in [0.4, 0.5) is 10.1 Å². The lowest BCUT2D eigenvalue weighted by Gasteiger charge is -2.32. The van der Waals surface area contributed by atoms with E-state index in [-0.39, 0.29) is 6.42 Å². The average molecular weight is 297 g/mol. The smallest absolute Gasteiger partial charge is 0.304 e. The number of nitrogens with two attached hydrogens (primary N) is 1. The molecule has 0 saturated carbocycles. The van der Waals surface area contributed by atoms with Gasteiger partial charge in [-0.05, 0) is 18.1 Å². The van der Waals surface area contributed by atoms with Crippen molar-refractivity contribution in [2.75, 3.05) is 26.3 Å². The highest BCUT2D eigenvalue weighted by molar-refractivity contribution is 5.80. The molecule has 7 nitrogen and oxygen atoms in total. The maximum absolute atomic E-state index is 13.6. The Morgan fingerprint density at radius 2 is 2.14 bits per heavy atom. The molecule has 1 fully saturated rings. The summed E-state index contributed by atoms with van der Waals surface area (Å²) < 4.78 is 18.8. The molecule has 1 heterocycles. The Balaban J connectivity index is 2.15. The number of halogens is 1. The molecule has 1 aromatic carbocycles. The maximum atomic E-state index is 13.6. The third-order valence-corrected chi connectivity index (χ3v) is 3.45. The van der Waals surface area contributed by atoms with Crippen LogP contribution in [0.2, 0.25) is 0 Å². The summed E-state index contributed by atoms with van der Waals surface area (Å²) in [4.78, 5) is 23.3. The molecule has 2 N–H and O–H groups in total. The van der Waals surface area contributed by atoms with Crippen molar-refractivity contribution in [2.24, 2.45) is 5.73 Å². The number of carbonyl (C=O) groups excluding carboxylic acids is 1. The van der Waals surface area contributed by atoms with Gasteiger partial charge in [0, 0.05) is 19.2 Å². The molecule has 8 heteroatoms. The van der Waals surface area contributed by atoms with Crippen molar-refractivity contribution in [3.8, 4) is 0 Å². The molecular weight excluding hydrogens is 281 g/mol. The molecule has 1 aliphatic heterocycles. The van der Waals surface area contributed by atoms with Crippen molar-refractivity contribution in [3.05, 3.63) is 39.7 Å². The Morgan fingerprint density at radius 1 is 1.48 bits per heavy atom. The normalized spacial score (nSPS) is 17.4. The first-order valence-electron chi connectivity index (χ1n) is 6.53. The summed E-state index contributed by atoms with van der Waals surface area (Å²) in [5, 5.41) is 10.6. The molecule has 114 valence electrons. The number of morpholine rings is 1. The Bertz CT molecular complexity index is 546. The van der Waals surface area contributed by atoms with E-state index >= 15 is 0 Å². The molecule has 0 radical (unpaired) electrons. The van der Waals surface area contributed by atoms with Crippen LogP contribution < -0.4 is 5.73 Å². The number of nitro benzene ring substituents is 1. The van der Waals surface area contributed by atoms with Gasteiger partial charge in [0.2, 0.25) is 11.7 Å². The van der Waals surface area contributed by atoms with Crippen molar-refractivity contribution >= 4 is 11.6 Å². The van der Waals surface area contributed by atoms with E-state index in [2.05, 4.69) is 0 Å². The van der Waals surface area contributed by atoms with Crippen molar-refractivity contribution in [2.45, 2.75) is 12.5 Å². The highest BCUT2D eigenvalue weighted by atomic mass is 19.1. The van der Waals surface area contributed by atoms with Gasteiger partial charge in [0.15, 0.2) is 0 Å². The minimum atomic E-state index is -0.914. The molecule has 0 spiro atoms. The van der Waals surface area contributed by atoms with Crippen LogP contribution in [0.5, 0.6) is 0 Å². The van der Waals surface area contributed by atoms with Gasteiger partial charge in [0.05, 0.1) is 24.2 Å². The molecular formula is C13H16FN3O4. The summed E-state index contributed by atoms with van der Waals surface area (Å²) in [5.41, 5.74) is 5.32. The lowest BCUT2D eigenvalue weighted by molar-refractivity contribution is -0.387.